The molecule has 2 aromatic heterocycles. The standard InChI is InChI=1S/C20H21F3N6O2.C2H6/c1-12-25-17-11-29(10-16(17)18(26-12)27-3-2-4-27)19(30)31-15-8-28(9-15)14-5-13(6-24-7-14)20(21,22)23;1-2/h5-7,15H,2-4,8-11H2,1H3;1-2H3. The van der Waals surface area contributed by atoms with Gasteiger partial charge in [0.2, 0.25) is 0 Å². The first-order valence-electron chi connectivity index (χ1n) is 11.1. The zero-order valence-corrected chi connectivity index (χ0v) is 18.9. The number of aryl methyl sites for hydroxylation is 1. The Labute approximate surface area is 190 Å². The number of hydrogen-bond acceptors (Lipinski definition) is 7. The Morgan fingerprint density at radius 1 is 1.09 bits per heavy atom. The molecule has 1 amide bonds. The zero-order chi connectivity index (χ0) is 23.8. The molecule has 0 spiro atoms. The van der Waals surface area contributed by atoms with Crippen molar-refractivity contribution in [3.8, 4) is 0 Å². The maximum atomic E-state index is 12.9. The highest BCUT2D eigenvalue weighted by Crippen LogP contribution is 2.34. The van der Waals surface area contributed by atoms with Crippen LogP contribution in [0.5, 0.6) is 0 Å². The summed E-state index contributed by atoms with van der Waals surface area (Å²) in [6, 6.07) is 1.06. The Morgan fingerprint density at radius 2 is 1.82 bits per heavy atom. The molecule has 2 aromatic rings. The van der Waals surface area contributed by atoms with E-state index in [1.807, 2.05) is 20.8 Å². The first kappa shape index (κ1) is 23.1. The minimum atomic E-state index is -4.44. The quantitative estimate of drug-likeness (QED) is 0.685. The lowest BCUT2D eigenvalue weighted by Gasteiger charge is -2.40. The van der Waals surface area contributed by atoms with Crippen molar-refractivity contribution < 1.29 is 22.7 Å². The molecule has 3 aliphatic heterocycles. The molecule has 0 N–H and O–H groups in total. The van der Waals surface area contributed by atoms with Gasteiger partial charge >= 0.3 is 12.3 Å². The maximum absolute atomic E-state index is 12.9. The van der Waals surface area contributed by atoms with Crippen LogP contribution in [0.15, 0.2) is 18.5 Å². The smallest absolute Gasteiger partial charge is 0.417 e. The second-order valence-corrected chi connectivity index (χ2v) is 8.06. The molecule has 0 aromatic carbocycles. The summed E-state index contributed by atoms with van der Waals surface area (Å²) in [7, 11) is 0. The van der Waals surface area contributed by atoms with Gasteiger partial charge in [-0.15, -0.1) is 0 Å². The predicted molar refractivity (Wildman–Crippen MR) is 116 cm³/mol. The number of nitrogens with zero attached hydrogens (tertiary/aromatic N) is 6. The highest BCUT2D eigenvalue weighted by atomic mass is 19.4. The van der Waals surface area contributed by atoms with Gasteiger partial charge in [-0.1, -0.05) is 13.8 Å². The fourth-order valence-electron chi connectivity index (χ4n) is 3.97. The van der Waals surface area contributed by atoms with Crippen LogP contribution in [0.2, 0.25) is 0 Å². The summed E-state index contributed by atoms with van der Waals surface area (Å²) < 4.78 is 44.2. The summed E-state index contributed by atoms with van der Waals surface area (Å²) in [5, 5.41) is 0. The Hall–Kier alpha value is -3.11. The van der Waals surface area contributed by atoms with Crippen molar-refractivity contribution in [2.24, 2.45) is 0 Å². The van der Waals surface area contributed by atoms with E-state index in [-0.39, 0.29) is 6.10 Å². The van der Waals surface area contributed by atoms with Crippen molar-refractivity contribution in [1.29, 1.82) is 0 Å². The molecule has 2 saturated heterocycles. The fourth-order valence-corrected chi connectivity index (χ4v) is 3.97. The van der Waals surface area contributed by atoms with Crippen LogP contribution in [-0.4, -0.2) is 58.2 Å². The molecule has 33 heavy (non-hydrogen) atoms. The van der Waals surface area contributed by atoms with E-state index < -0.39 is 17.8 Å². The number of anilines is 2. The molecule has 0 saturated carbocycles. The molecule has 5 heterocycles. The third-order valence-corrected chi connectivity index (χ3v) is 5.82. The van der Waals surface area contributed by atoms with Crippen molar-refractivity contribution >= 4 is 17.6 Å². The molecule has 0 unspecified atom stereocenters. The lowest BCUT2D eigenvalue weighted by atomic mass is 10.1. The SMILES string of the molecule is CC.Cc1nc2c(c(N3CCC3)n1)CN(C(=O)OC1CN(c3cncc(C(F)(F)F)c3)C1)C2. The van der Waals surface area contributed by atoms with Crippen LogP contribution in [0.25, 0.3) is 0 Å². The monoisotopic (exact) mass is 464 g/mol. The van der Waals surface area contributed by atoms with Crippen molar-refractivity contribution in [1.82, 2.24) is 19.9 Å². The van der Waals surface area contributed by atoms with Gasteiger partial charge in [0, 0.05) is 24.8 Å². The minimum Gasteiger partial charge on any atom is -0.442 e. The van der Waals surface area contributed by atoms with Crippen molar-refractivity contribution in [3.63, 3.8) is 0 Å². The largest absolute Gasteiger partial charge is 0.442 e. The summed E-state index contributed by atoms with van der Waals surface area (Å²) in [6.07, 6.45) is -1.97. The molecule has 0 radical (unpaired) electrons. The maximum Gasteiger partial charge on any atom is 0.417 e. The van der Waals surface area contributed by atoms with Gasteiger partial charge in [-0.25, -0.2) is 14.8 Å². The number of hydrogen-bond donors (Lipinski definition) is 0. The third-order valence-electron chi connectivity index (χ3n) is 5.82. The second kappa shape index (κ2) is 9.03. The fraction of sp³-hybridized carbons (Fsp3) is 0.545. The van der Waals surface area contributed by atoms with Gasteiger partial charge in [-0.05, 0) is 19.4 Å². The molecule has 3 aliphatic rings. The van der Waals surface area contributed by atoms with E-state index in [0.29, 0.717) is 37.7 Å². The second-order valence-electron chi connectivity index (χ2n) is 8.06. The number of pyridine rings is 1. The summed E-state index contributed by atoms with van der Waals surface area (Å²) in [4.78, 5) is 30.9. The van der Waals surface area contributed by atoms with E-state index >= 15 is 0 Å². The molecular formula is C22H27F3N6O2. The Balaban J connectivity index is 0.00000126. The summed E-state index contributed by atoms with van der Waals surface area (Å²) >= 11 is 0. The topological polar surface area (TPSA) is 74.7 Å². The minimum absolute atomic E-state index is 0.327. The number of carbonyl (C=O) groups is 1. The Morgan fingerprint density at radius 3 is 2.45 bits per heavy atom. The third kappa shape index (κ3) is 4.67. The van der Waals surface area contributed by atoms with Crippen LogP contribution in [-0.2, 0) is 24.0 Å². The number of ether oxygens (including phenoxy) is 1. The average Bonchev–Trinajstić information content (AvgIpc) is 3.14. The van der Waals surface area contributed by atoms with E-state index in [0.717, 1.165) is 48.8 Å². The van der Waals surface area contributed by atoms with Gasteiger partial charge in [-0.2, -0.15) is 13.2 Å². The van der Waals surface area contributed by atoms with Crippen LogP contribution in [0, 0.1) is 6.92 Å². The van der Waals surface area contributed by atoms with Gasteiger partial charge in [0.1, 0.15) is 17.7 Å². The summed E-state index contributed by atoms with van der Waals surface area (Å²) in [5.41, 5.74) is 1.37. The van der Waals surface area contributed by atoms with E-state index in [2.05, 4.69) is 19.9 Å². The van der Waals surface area contributed by atoms with Crippen LogP contribution in [0.3, 0.4) is 0 Å². The van der Waals surface area contributed by atoms with E-state index in [9.17, 15) is 18.0 Å². The molecular weight excluding hydrogens is 437 g/mol. The van der Waals surface area contributed by atoms with Crippen LogP contribution < -0.4 is 9.80 Å². The first-order chi connectivity index (χ1) is 15.8. The van der Waals surface area contributed by atoms with Crippen LogP contribution in [0.4, 0.5) is 29.5 Å². The molecule has 178 valence electrons. The van der Waals surface area contributed by atoms with Gasteiger partial charge in [0.05, 0.1) is 49.3 Å². The number of carbonyl (C=O) groups excluding carboxylic acids is 1. The van der Waals surface area contributed by atoms with Crippen LogP contribution in [0.1, 0.15) is 42.9 Å². The van der Waals surface area contributed by atoms with Crippen molar-refractivity contribution in [3.05, 3.63) is 41.1 Å². The molecule has 11 heteroatoms. The predicted octanol–water partition coefficient (Wildman–Crippen LogP) is 3.78. The van der Waals surface area contributed by atoms with Crippen molar-refractivity contribution in [2.75, 3.05) is 36.0 Å². The highest BCUT2D eigenvalue weighted by molar-refractivity contribution is 5.70. The van der Waals surface area contributed by atoms with E-state index in [1.165, 1.54) is 6.20 Å². The average molecular weight is 464 g/mol. The molecule has 0 aliphatic carbocycles. The Bertz CT molecular complexity index is 1020. The number of halogens is 3. The van der Waals surface area contributed by atoms with Crippen molar-refractivity contribution in [2.45, 2.75) is 52.6 Å². The van der Waals surface area contributed by atoms with Gasteiger partial charge in [0.25, 0.3) is 0 Å². The number of amides is 1. The lowest BCUT2D eigenvalue weighted by Crippen LogP contribution is -2.54. The zero-order valence-electron chi connectivity index (χ0n) is 18.9. The number of alkyl halides is 3. The normalized spacial score (nSPS) is 17.6. The van der Waals surface area contributed by atoms with E-state index in [4.69, 9.17) is 4.74 Å². The lowest BCUT2D eigenvalue weighted by molar-refractivity contribution is -0.137. The highest BCUT2D eigenvalue weighted by Gasteiger charge is 2.37. The molecule has 0 atom stereocenters. The number of fused-ring (bicyclic) bond motifs is 1. The van der Waals surface area contributed by atoms with E-state index in [1.54, 1.807) is 9.80 Å². The number of aromatic nitrogens is 3. The van der Waals surface area contributed by atoms with Gasteiger partial charge in [0.15, 0.2) is 0 Å². The van der Waals surface area contributed by atoms with Gasteiger partial charge < -0.3 is 14.5 Å². The molecule has 5 rings (SSSR count). The Kier molecular flexibility index (Phi) is 6.31. The van der Waals surface area contributed by atoms with Gasteiger partial charge in [-0.3, -0.25) is 9.88 Å². The molecule has 8 nitrogen and oxygen atoms in total. The molecule has 2 fully saturated rings. The summed E-state index contributed by atoms with van der Waals surface area (Å²) in [5.74, 6) is 1.58. The first-order valence-corrected chi connectivity index (χ1v) is 11.1. The molecule has 0 bridgehead atoms. The van der Waals surface area contributed by atoms with Crippen LogP contribution >= 0.6 is 0 Å². The number of rotatable bonds is 3. The summed E-state index contributed by atoms with van der Waals surface area (Å²) in [6.45, 7) is 9.17.